The molecule has 0 spiro atoms. The van der Waals surface area contributed by atoms with E-state index in [1.807, 2.05) is 11.4 Å². The van der Waals surface area contributed by atoms with E-state index in [-0.39, 0.29) is 5.82 Å². The van der Waals surface area contributed by atoms with Crippen molar-refractivity contribution in [3.63, 3.8) is 0 Å². The lowest BCUT2D eigenvalue weighted by Crippen LogP contribution is -2.00. The summed E-state index contributed by atoms with van der Waals surface area (Å²) in [5, 5.41) is 5.86. The molecule has 0 bridgehead atoms. The highest BCUT2D eigenvalue weighted by Crippen LogP contribution is 2.26. The van der Waals surface area contributed by atoms with Gasteiger partial charge in [0.2, 0.25) is 0 Å². The van der Waals surface area contributed by atoms with Crippen molar-refractivity contribution in [2.45, 2.75) is 6.54 Å². The zero-order valence-electron chi connectivity index (χ0n) is 8.14. The van der Waals surface area contributed by atoms with E-state index in [1.54, 1.807) is 12.1 Å². The normalized spacial score (nSPS) is 10.4. The van der Waals surface area contributed by atoms with Gasteiger partial charge in [-0.15, -0.1) is 11.3 Å². The molecule has 0 amide bonds. The number of hydrogen-bond donors (Lipinski definition) is 1. The summed E-state index contributed by atoms with van der Waals surface area (Å²) in [5.41, 5.74) is 0.327. The van der Waals surface area contributed by atoms with E-state index in [0.717, 1.165) is 4.88 Å². The van der Waals surface area contributed by atoms with E-state index in [9.17, 15) is 4.39 Å². The summed E-state index contributed by atoms with van der Waals surface area (Å²) in [4.78, 5) is 1.03. The van der Waals surface area contributed by atoms with Crippen molar-refractivity contribution in [1.82, 2.24) is 0 Å². The molecule has 0 aliphatic heterocycles. The van der Waals surface area contributed by atoms with Gasteiger partial charge in [0.1, 0.15) is 5.82 Å². The molecule has 84 valence electrons. The molecule has 5 heteroatoms. The highest BCUT2D eigenvalue weighted by atomic mass is 35.5. The van der Waals surface area contributed by atoms with E-state index in [2.05, 4.69) is 5.32 Å². The smallest absolute Gasteiger partial charge is 0.147 e. The summed E-state index contributed by atoms with van der Waals surface area (Å²) < 4.78 is 13.4. The Morgan fingerprint density at radius 3 is 2.75 bits per heavy atom. The number of rotatable bonds is 3. The van der Waals surface area contributed by atoms with Gasteiger partial charge in [-0.3, -0.25) is 0 Å². The maximum Gasteiger partial charge on any atom is 0.147 e. The van der Waals surface area contributed by atoms with Gasteiger partial charge in [-0.2, -0.15) is 0 Å². The van der Waals surface area contributed by atoms with E-state index in [1.165, 1.54) is 17.4 Å². The second kappa shape index (κ2) is 5.04. The molecule has 1 N–H and O–H groups in total. The van der Waals surface area contributed by atoms with Crippen molar-refractivity contribution in [2.24, 2.45) is 0 Å². The number of halogens is 3. The van der Waals surface area contributed by atoms with Crippen LogP contribution in [0.5, 0.6) is 0 Å². The van der Waals surface area contributed by atoms with Gasteiger partial charge < -0.3 is 5.32 Å². The predicted molar refractivity (Wildman–Crippen MR) is 68.1 cm³/mol. The fourth-order valence-electron chi connectivity index (χ4n) is 1.29. The topological polar surface area (TPSA) is 12.0 Å². The molecule has 0 fully saturated rings. The van der Waals surface area contributed by atoms with Gasteiger partial charge in [-0.05, 0) is 18.2 Å². The Morgan fingerprint density at radius 2 is 2.12 bits per heavy atom. The highest BCUT2D eigenvalue weighted by Gasteiger charge is 2.06. The minimum atomic E-state index is -0.352. The Morgan fingerprint density at radius 1 is 1.31 bits per heavy atom. The quantitative estimate of drug-likeness (QED) is 0.848. The van der Waals surface area contributed by atoms with Crippen LogP contribution in [-0.2, 0) is 6.54 Å². The lowest BCUT2D eigenvalue weighted by Gasteiger charge is -2.07. The van der Waals surface area contributed by atoms with Gasteiger partial charge in [-0.25, -0.2) is 4.39 Å². The van der Waals surface area contributed by atoms with Crippen LogP contribution in [0.25, 0.3) is 0 Å². The summed E-state index contributed by atoms with van der Waals surface area (Å²) in [6, 6.07) is 6.43. The second-order valence-electron chi connectivity index (χ2n) is 3.18. The van der Waals surface area contributed by atoms with Crippen LogP contribution in [0.2, 0.25) is 10.0 Å². The molecule has 0 saturated carbocycles. The number of benzene rings is 1. The number of thiophene rings is 1. The zero-order valence-corrected chi connectivity index (χ0v) is 10.5. The van der Waals surface area contributed by atoms with Crippen LogP contribution in [0.4, 0.5) is 10.1 Å². The van der Waals surface area contributed by atoms with Crippen LogP contribution in [0, 0.1) is 5.82 Å². The fourth-order valence-corrected chi connectivity index (χ4v) is 2.53. The Labute approximate surface area is 107 Å². The van der Waals surface area contributed by atoms with Crippen molar-refractivity contribution < 1.29 is 4.39 Å². The van der Waals surface area contributed by atoms with Gasteiger partial charge in [-0.1, -0.05) is 29.3 Å². The minimum absolute atomic E-state index is 0.327. The van der Waals surface area contributed by atoms with E-state index < -0.39 is 0 Å². The summed E-state index contributed by atoms with van der Waals surface area (Å²) in [6.45, 7) is 0.512. The minimum Gasteiger partial charge on any atom is -0.377 e. The molecule has 0 radical (unpaired) electrons. The summed E-state index contributed by atoms with van der Waals surface area (Å²) >= 11 is 13.2. The summed E-state index contributed by atoms with van der Waals surface area (Å²) in [7, 11) is 0. The second-order valence-corrected chi connectivity index (χ2v) is 5.02. The van der Waals surface area contributed by atoms with Gasteiger partial charge in [0, 0.05) is 16.8 Å². The molecule has 0 atom stereocenters. The van der Waals surface area contributed by atoms with Crippen LogP contribution >= 0.6 is 34.5 Å². The largest absolute Gasteiger partial charge is 0.377 e. The Kier molecular flexibility index (Phi) is 3.69. The monoisotopic (exact) mass is 275 g/mol. The van der Waals surface area contributed by atoms with E-state index >= 15 is 0 Å². The molecule has 1 aromatic carbocycles. The first-order valence-corrected chi connectivity index (χ1v) is 6.21. The molecule has 1 aromatic heterocycles. The standard InChI is InChI=1S/C11H8Cl2FNS/c12-7-4-8(16-6-7)5-15-11-9(13)2-1-3-10(11)14/h1-4,6,15H,5H2. The van der Waals surface area contributed by atoms with Crippen LogP contribution in [0.1, 0.15) is 4.88 Å². The molecular weight excluding hydrogens is 268 g/mol. The maximum atomic E-state index is 13.4. The lowest BCUT2D eigenvalue weighted by atomic mass is 10.3. The van der Waals surface area contributed by atoms with Gasteiger partial charge in [0.05, 0.1) is 15.7 Å². The lowest BCUT2D eigenvalue weighted by molar-refractivity contribution is 0.630. The number of para-hydroxylation sites is 1. The Hall–Kier alpha value is -0.770. The number of nitrogens with one attached hydrogen (secondary N) is 1. The van der Waals surface area contributed by atoms with Crippen LogP contribution in [0.3, 0.4) is 0 Å². The molecule has 1 nitrogen and oxygen atoms in total. The first-order valence-electron chi connectivity index (χ1n) is 4.57. The van der Waals surface area contributed by atoms with Gasteiger partial charge >= 0.3 is 0 Å². The molecule has 16 heavy (non-hydrogen) atoms. The van der Waals surface area contributed by atoms with E-state index in [0.29, 0.717) is 22.3 Å². The van der Waals surface area contributed by atoms with Crippen molar-refractivity contribution in [1.29, 1.82) is 0 Å². The molecule has 0 aliphatic rings. The fraction of sp³-hybridized carbons (Fsp3) is 0.0909. The Bertz CT molecular complexity index is 478. The predicted octanol–water partition coefficient (Wildman–Crippen LogP) is 4.81. The first-order chi connectivity index (χ1) is 7.66. The summed E-state index contributed by atoms with van der Waals surface area (Å²) in [5.74, 6) is -0.352. The zero-order chi connectivity index (χ0) is 11.5. The molecular formula is C11H8Cl2FNS. The molecule has 2 rings (SSSR count). The first kappa shape index (κ1) is 11.7. The van der Waals surface area contributed by atoms with Crippen LogP contribution < -0.4 is 5.32 Å². The highest BCUT2D eigenvalue weighted by molar-refractivity contribution is 7.10. The molecule has 2 aromatic rings. The molecule has 0 saturated heterocycles. The Balaban J connectivity index is 2.10. The average molecular weight is 276 g/mol. The third-order valence-electron chi connectivity index (χ3n) is 2.02. The van der Waals surface area contributed by atoms with Crippen molar-refractivity contribution in [3.05, 3.63) is 50.4 Å². The number of hydrogen-bond acceptors (Lipinski definition) is 2. The van der Waals surface area contributed by atoms with Gasteiger partial charge in [0.15, 0.2) is 0 Å². The van der Waals surface area contributed by atoms with E-state index in [4.69, 9.17) is 23.2 Å². The van der Waals surface area contributed by atoms with Gasteiger partial charge in [0.25, 0.3) is 0 Å². The van der Waals surface area contributed by atoms with Crippen LogP contribution in [0.15, 0.2) is 29.6 Å². The molecule has 0 unspecified atom stereocenters. The van der Waals surface area contributed by atoms with Crippen molar-refractivity contribution >= 4 is 40.2 Å². The average Bonchev–Trinajstić information content (AvgIpc) is 2.63. The molecule has 1 heterocycles. The van der Waals surface area contributed by atoms with Crippen LogP contribution in [-0.4, -0.2) is 0 Å². The molecule has 0 aliphatic carbocycles. The van der Waals surface area contributed by atoms with Crippen molar-refractivity contribution in [3.8, 4) is 0 Å². The third-order valence-corrected chi connectivity index (χ3v) is 3.62. The third kappa shape index (κ3) is 2.67. The SMILES string of the molecule is Fc1cccc(Cl)c1NCc1cc(Cl)cs1. The number of anilines is 1. The summed E-state index contributed by atoms with van der Waals surface area (Å²) in [6.07, 6.45) is 0. The maximum absolute atomic E-state index is 13.4. The van der Waals surface area contributed by atoms with Crippen molar-refractivity contribution in [2.75, 3.05) is 5.32 Å².